The molecule has 0 saturated carbocycles. The Hall–Kier alpha value is -1.42. The minimum absolute atomic E-state index is 0.0899. The van der Waals surface area contributed by atoms with Gasteiger partial charge in [-0.1, -0.05) is 19.1 Å². The standard InChI is InChI=1S/C13H19FN2O/c1-4-15-10(3)8-12(17)16-13-9(2)6-5-7-11(13)14/h5-7,10,15H,4,8H2,1-3H3,(H,16,17). The molecule has 2 N–H and O–H groups in total. The molecular formula is C13H19FN2O. The van der Waals surface area contributed by atoms with E-state index in [0.717, 1.165) is 12.1 Å². The van der Waals surface area contributed by atoms with Gasteiger partial charge in [-0.25, -0.2) is 4.39 Å². The quantitative estimate of drug-likeness (QED) is 0.827. The summed E-state index contributed by atoms with van der Waals surface area (Å²) in [6.45, 7) is 6.49. The van der Waals surface area contributed by atoms with Crippen LogP contribution in [0.2, 0.25) is 0 Å². The first-order chi connectivity index (χ1) is 8.04. The Balaban J connectivity index is 2.62. The lowest BCUT2D eigenvalue weighted by Crippen LogP contribution is -2.30. The van der Waals surface area contributed by atoms with Gasteiger partial charge in [0.1, 0.15) is 5.82 Å². The van der Waals surface area contributed by atoms with Gasteiger partial charge in [0.2, 0.25) is 5.91 Å². The van der Waals surface area contributed by atoms with E-state index in [0.29, 0.717) is 6.42 Å². The third-order valence-corrected chi connectivity index (χ3v) is 2.53. The second-order valence-corrected chi connectivity index (χ2v) is 4.14. The van der Waals surface area contributed by atoms with E-state index in [1.807, 2.05) is 13.8 Å². The molecule has 1 amide bonds. The van der Waals surface area contributed by atoms with Crippen molar-refractivity contribution in [3.05, 3.63) is 29.6 Å². The summed E-state index contributed by atoms with van der Waals surface area (Å²) in [5, 5.41) is 5.75. The van der Waals surface area contributed by atoms with Crippen LogP contribution in [-0.2, 0) is 4.79 Å². The van der Waals surface area contributed by atoms with Gasteiger partial charge in [-0.15, -0.1) is 0 Å². The molecule has 0 heterocycles. The maximum atomic E-state index is 13.5. The Labute approximate surface area is 101 Å². The van der Waals surface area contributed by atoms with Crippen molar-refractivity contribution in [2.75, 3.05) is 11.9 Å². The van der Waals surface area contributed by atoms with Gasteiger partial charge in [-0.2, -0.15) is 0 Å². The lowest BCUT2D eigenvalue weighted by molar-refractivity contribution is -0.116. The van der Waals surface area contributed by atoms with Crippen molar-refractivity contribution in [2.45, 2.75) is 33.2 Å². The smallest absolute Gasteiger partial charge is 0.226 e. The van der Waals surface area contributed by atoms with Crippen molar-refractivity contribution in [1.29, 1.82) is 0 Å². The van der Waals surface area contributed by atoms with E-state index in [1.165, 1.54) is 6.07 Å². The zero-order valence-corrected chi connectivity index (χ0v) is 10.5. The van der Waals surface area contributed by atoms with Crippen LogP contribution >= 0.6 is 0 Å². The van der Waals surface area contributed by atoms with Crippen molar-refractivity contribution in [1.82, 2.24) is 5.32 Å². The van der Waals surface area contributed by atoms with Crippen molar-refractivity contribution in [3.63, 3.8) is 0 Å². The van der Waals surface area contributed by atoms with Gasteiger partial charge in [0, 0.05) is 12.5 Å². The van der Waals surface area contributed by atoms with Gasteiger partial charge < -0.3 is 10.6 Å². The number of anilines is 1. The number of benzene rings is 1. The van der Waals surface area contributed by atoms with Gasteiger partial charge in [0.15, 0.2) is 0 Å². The third kappa shape index (κ3) is 4.15. The Morgan fingerprint density at radius 3 is 2.76 bits per heavy atom. The van der Waals surface area contributed by atoms with E-state index in [2.05, 4.69) is 10.6 Å². The fraction of sp³-hybridized carbons (Fsp3) is 0.462. The minimum atomic E-state index is -0.394. The maximum Gasteiger partial charge on any atom is 0.226 e. The van der Waals surface area contributed by atoms with Gasteiger partial charge in [0.05, 0.1) is 5.69 Å². The first-order valence-electron chi connectivity index (χ1n) is 5.83. The number of hydrogen-bond donors (Lipinski definition) is 2. The monoisotopic (exact) mass is 238 g/mol. The number of aryl methyl sites for hydroxylation is 1. The summed E-state index contributed by atoms with van der Waals surface area (Å²) in [4.78, 5) is 11.7. The molecule has 0 fully saturated rings. The highest BCUT2D eigenvalue weighted by molar-refractivity contribution is 5.91. The van der Waals surface area contributed by atoms with Crippen molar-refractivity contribution >= 4 is 11.6 Å². The lowest BCUT2D eigenvalue weighted by Gasteiger charge is -2.13. The van der Waals surface area contributed by atoms with Gasteiger partial charge in [-0.05, 0) is 32.0 Å². The summed E-state index contributed by atoms with van der Waals surface area (Å²) in [6.07, 6.45) is 0.335. The van der Waals surface area contributed by atoms with E-state index in [-0.39, 0.29) is 17.6 Å². The number of hydrogen-bond acceptors (Lipinski definition) is 2. The van der Waals surface area contributed by atoms with E-state index in [4.69, 9.17) is 0 Å². The van der Waals surface area contributed by atoms with Crippen LogP contribution < -0.4 is 10.6 Å². The zero-order chi connectivity index (χ0) is 12.8. The summed E-state index contributed by atoms with van der Waals surface area (Å²) in [6, 6.07) is 4.83. The number of rotatable bonds is 5. The van der Waals surface area contributed by atoms with Gasteiger partial charge >= 0.3 is 0 Å². The van der Waals surface area contributed by atoms with Crippen molar-refractivity contribution in [3.8, 4) is 0 Å². The Kier molecular flexibility index (Phi) is 5.10. The summed E-state index contributed by atoms with van der Waals surface area (Å²) in [5.74, 6) is -0.568. The number of nitrogens with one attached hydrogen (secondary N) is 2. The van der Waals surface area contributed by atoms with Crippen LogP contribution in [0.5, 0.6) is 0 Å². The molecule has 94 valence electrons. The molecule has 3 nitrogen and oxygen atoms in total. The molecule has 0 aliphatic carbocycles. The molecule has 4 heteroatoms. The molecule has 0 aromatic heterocycles. The topological polar surface area (TPSA) is 41.1 Å². The molecule has 1 unspecified atom stereocenters. The predicted molar refractivity (Wildman–Crippen MR) is 67.5 cm³/mol. The summed E-state index contributed by atoms with van der Waals surface area (Å²) in [5.41, 5.74) is 1.01. The molecule has 17 heavy (non-hydrogen) atoms. The van der Waals surface area contributed by atoms with E-state index in [9.17, 15) is 9.18 Å². The van der Waals surface area contributed by atoms with Gasteiger partial charge in [0.25, 0.3) is 0 Å². The van der Waals surface area contributed by atoms with Crippen molar-refractivity contribution in [2.24, 2.45) is 0 Å². The zero-order valence-electron chi connectivity index (χ0n) is 10.5. The molecule has 1 rings (SSSR count). The van der Waals surface area contributed by atoms with E-state index < -0.39 is 5.82 Å². The van der Waals surface area contributed by atoms with Crippen LogP contribution in [0.4, 0.5) is 10.1 Å². The van der Waals surface area contributed by atoms with Crippen molar-refractivity contribution < 1.29 is 9.18 Å². The van der Waals surface area contributed by atoms with Crippen LogP contribution in [0.15, 0.2) is 18.2 Å². The highest BCUT2D eigenvalue weighted by atomic mass is 19.1. The normalized spacial score (nSPS) is 12.2. The average Bonchev–Trinajstić information content (AvgIpc) is 2.24. The minimum Gasteiger partial charge on any atom is -0.323 e. The molecular weight excluding hydrogens is 219 g/mol. The first-order valence-corrected chi connectivity index (χ1v) is 5.83. The number of amides is 1. The number of carbonyl (C=O) groups is 1. The summed E-state index contributed by atoms with van der Waals surface area (Å²) in [7, 11) is 0. The number of para-hydroxylation sites is 1. The first kappa shape index (κ1) is 13.6. The van der Waals surface area contributed by atoms with Crippen LogP contribution in [0, 0.1) is 12.7 Å². The van der Waals surface area contributed by atoms with E-state index >= 15 is 0 Å². The molecule has 0 bridgehead atoms. The molecule has 0 aliphatic rings. The second kappa shape index (κ2) is 6.35. The number of carbonyl (C=O) groups excluding carboxylic acids is 1. The SMILES string of the molecule is CCNC(C)CC(=O)Nc1c(C)cccc1F. The fourth-order valence-corrected chi connectivity index (χ4v) is 1.68. The largest absolute Gasteiger partial charge is 0.323 e. The number of halogens is 1. The lowest BCUT2D eigenvalue weighted by atomic mass is 10.1. The summed E-state index contributed by atoms with van der Waals surface area (Å²) >= 11 is 0. The predicted octanol–water partition coefficient (Wildman–Crippen LogP) is 2.46. The fourth-order valence-electron chi connectivity index (χ4n) is 1.68. The Morgan fingerprint density at radius 1 is 1.47 bits per heavy atom. The average molecular weight is 238 g/mol. The molecule has 0 aliphatic heterocycles. The molecule has 0 saturated heterocycles. The molecule has 1 aromatic rings. The Bertz CT molecular complexity index is 373. The second-order valence-electron chi connectivity index (χ2n) is 4.14. The highest BCUT2D eigenvalue weighted by Crippen LogP contribution is 2.18. The highest BCUT2D eigenvalue weighted by Gasteiger charge is 2.11. The van der Waals surface area contributed by atoms with Crippen LogP contribution in [0.25, 0.3) is 0 Å². The van der Waals surface area contributed by atoms with Crippen LogP contribution in [0.3, 0.4) is 0 Å². The summed E-state index contributed by atoms with van der Waals surface area (Å²) < 4.78 is 13.5. The Morgan fingerprint density at radius 2 is 2.18 bits per heavy atom. The molecule has 0 spiro atoms. The van der Waals surface area contributed by atoms with E-state index in [1.54, 1.807) is 19.1 Å². The molecule has 1 aromatic carbocycles. The maximum absolute atomic E-state index is 13.5. The molecule has 1 atom stereocenters. The van der Waals surface area contributed by atoms with Crippen LogP contribution in [0.1, 0.15) is 25.8 Å². The third-order valence-electron chi connectivity index (χ3n) is 2.53. The van der Waals surface area contributed by atoms with Gasteiger partial charge in [-0.3, -0.25) is 4.79 Å². The van der Waals surface area contributed by atoms with Crippen LogP contribution in [-0.4, -0.2) is 18.5 Å². The molecule has 0 radical (unpaired) electrons.